The molecule has 0 radical (unpaired) electrons. The standard InChI is InChI=1S/C10H7N3O2/c14-13-8-3-1-4-9(7-8)15-10-11-5-2-6-12-10/h1-7H. The highest BCUT2D eigenvalue weighted by molar-refractivity contribution is 5.43. The van der Waals surface area contributed by atoms with Crippen molar-refractivity contribution in [2.75, 3.05) is 0 Å². The monoisotopic (exact) mass is 201 g/mol. The minimum atomic E-state index is 0.237. The highest BCUT2D eigenvalue weighted by Gasteiger charge is 1.99. The van der Waals surface area contributed by atoms with E-state index in [2.05, 4.69) is 15.1 Å². The van der Waals surface area contributed by atoms with Crippen LogP contribution in [0.25, 0.3) is 0 Å². The third-order valence-electron chi connectivity index (χ3n) is 1.67. The van der Waals surface area contributed by atoms with Crippen LogP contribution in [0.1, 0.15) is 0 Å². The molecule has 0 N–H and O–H groups in total. The molecule has 1 aromatic heterocycles. The van der Waals surface area contributed by atoms with E-state index in [-0.39, 0.29) is 6.01 Å². The zero-order valence-corrected chi connectivity index (χ0v) is 7.70. The Morgan fingerprint density at radius 1 is 1.13 bits per heavy atom. The second-order valence-electron chi connectivity index (χ2n) is 2.72. The molecular formula is C10H7N3O2. The van der Waals surface area contributed by atoms with E-state index in [0.29, 0.717) is 11.4 Å². The second-order valence-corrected chi connectivity index (χ2v) is 2.72. The Labute approximate surface area is 85.7 Å². The molecule has 0 amide bonds. The summed E-state index contributed by atoms with van der Waals surface area (Å²) in [5.74, 6) is 0.485. The van der Waals surface area contributed by atoms with Crippen molar-refractivity contribution >= 4 is 5.69 Å². The van der Waals surface area contributed by atoms with Gasteiger partial charge in [-0.15, -0.1) is 4.91 Å². The van der Waals surface area contributed by atoms with Crippen LogP contribution in [-0.2, 0) is 0 Å². The Morgan fingerprint density at radius 3 is 2.67 bits per heavy atom. The molecule has 0 saturated heterocycles. The first kappa shape index (κ1) is 9.26. The molecule has 5 nitrogen and oxygen atoms in total. The summed E-state index contributed by atoms with van der Waals surface area (Å²) in [5, 5.41) is 2.80. The van der Waals surface area contributed by atoms with Crippen LogP contribution >= 0.6 is 0 Å². The molecule has 0 fully saturated rings. The molecule has 0 spiro atoms. The van der Waals surface area contributed by atoms with Gasteiger partial charge in [-0.3, -0.25) is 0 Å². The minimum Gasteiger partial charge on any atom is -0.424 e. The first-order valence-corrected chi connectivity index (χ1v) is 4.27. The van der Waals surface area contributed by atoms with Crippen molar-refractivity contribution in [3.05, 3.63) is 47.6 Å². The van der Waals surface area contributed by atoms with Gasteiger partial charge in [0.05, 0.1) is 0 Å². The van der Waals surface area contributed by atoms with Crippen LogP contribution < -0.4 is 4.74 Å². The van der Waals surface area contributed by atoms with Gasteiger partial charge in [0.1, 0.15) is 11.4 Å². The van der Waals surface area contributed by atoms with Crippen LogP contribution in [-0.4, -0.2) is 9.97 Å². The predicted octanol–water partition coefficient (Wildman–Crippen LogP) is 2.67. The topological polar surface area (TPSA) is 64.4 Å². The highest BCUT2D eigenvalue weighted by atomic mass is 16.5. The predicted molar refractivity (Wildman–Crippen MR) is 54.0 cm³/mol. The van der Waals surface area contributed by atoms with Gasteiger partial charge in [0.25, 0.3) is 0 Å². The third-order valence-corrected chi connectivity index (χ3v) is 1.67. The maximum absolute atomic E-state index is 10.3. The molecule has 0 aliphatic rings. The zero-order valence-electron chi connectivity index (χ0n) is 7.70. The number of rotatable bonds is 3. The summed E-state index contributed by atoms with van der Waals surface area (Å²) in [4.78, 5) is 18.0. The van der Waals surface area contributed by atoms with Crippen molar-refractivity contribution in [2.45, 2.75) is 0 Å². The Bertz CT molecular complexity index is 459. The molecule has 2 rings (SSSR count). The van der Waals surface area contributed by atoms with Gasteiger partial charge in [-0.1, -0.05) is 6.07 Å². The summed E-state index contributed by atoms with van der Waals surface area (Å²) < 4.78 is 5.30. The number of aromatic nitrogens is 2. The first-order valence-electron chi connectivity index (χ1n) is 4.27. The average molecular weight is 201 g/mol. The van der Waals surface area contributed by atoms with Crippen molar-refractivity contribution in [1.82, 2.24) is 9.97 Å². The van der Waals surface area contributed by atoms with Crippen molar-refractivity contribution < 1.29 is 4.74 Å². The summed E-state index contributed by atoms with van der Waals surface area (Å²) in [5.41, 5.74) is 0.309. The largest absolute Gasteiger partial charge is 0.424 e. The number of benzene rings is 1. The molecule has 0 atom stereocenters. The fraction of sp³-hybridized carbons (Fsp3) is 0. The molecular weight excluding hydrogens is 194 g/mol. The fourth-order valence-electron chi connectivity index (χ4n) is 1.05. The van der Waals surface area contributed by atoms with E-state index in [1.165, 1.54) is 6.07 Å². The Kier molecular flexibility index (Phi) is 2.64. The van der Waals surface area contributed by atoms with Crippen LogP contribution in [0.2, 0.25) is 0 Å². The van der Waals surface area contributed by atoms with Crippen LogP contribution in [0.15, 0.2) is 47.9 Å². The van der Waals surface area contributed by atoms with Crippen molar-refractivity contribution in [3.8, 4) is 11.8 Å². The van der Waals surface area contributed by atoms with Crippen LogP contribution in [0.5, 0.6) is 11.8 Å². The summed E-state index contributed by atoms with van der Waals surface area (Å²) in [7, 11) is 0. The molecule has 0 aliphatic carbocycles. The maximum atomic E-state index is 10.3. The second kappa shape index (κ2) is 4.28. The van der Waals surface area contributed by atoms with E-state index in [1.807, 2.05) is 0 Å². The lowest BCUT2D eigenvalue weighted by Gasteiger charge is -2.02. The lowest BCUT2D eigenvalue weighted by Crippen LogP contribution is -1.89. The van der Waals surface area contributed by atoms with Gasteiger partial charge in [-0.05, 0) is 23.4 Å². The number of nitrogens with zero attached hydrogens (tertiary/aromatic N) is 3. The van der Waals surface area contributed by atoms with Crippen molar-refractivity contribution in [1.29, 1.82) is 0 Å². The average Bonchev–Trinajstić information content (AvgIpc) is 2.31. The van der Waals surface area contributed by atoms with Crippen LogP contribution in [0.4, 0.5) is 5.69 Å². The lowest BCUT2D eigenvalue weighted by molar-refractivity contribution is 0.442. The molecule has 74 valence electrons. The fourth-order valence-corrected chi connectivity index (χ4v) is 1.05. The maximum Gasteiger partial charge on any atom is 0.321 e. The van der Waals surface area contributed by atoms with Gasteiger partial charge in [0, 0.05) is 18.5 Å². The SMILES string of the molecule is O=Nc1cccc(Oc2ncccn2)c1. The molecule has 2 aromatic rings. The molecule has 15 heavy (non-hydrogen) atoms. The summed E-state index contributed by atoms with van der Waals surface area (Å²) in [6.07, 6.45) is 3.15. The number of ether oxygens (including phenoxy) is 1. The van der Waals surface area contributed by atoms with E-state index in [1.54, 1.807) is 36.7 Å². The number of hydrogen-bond acceptors (Lipinski definition) is 5. The minimum absolute atomic E-state index is 0.237. The van der Waals surface area contributed by atoms with Gasteiger partial charge in [0.2, 0.25) is 0 Å². The van der Waals surface area contributed by atoms with Gasteiger partial charge >= 0.3 is 6.01 Å². The van der Waals surface area contributed by atoms with Crippen LogP contribution in [0, 0.1) is 4.91 Å². The summed E-state index contributed by atoms with van der Waals surface area (Å²) >= 11 is 0. The van der Waals surface area contributed by atoms with Gasteiger partial charge in [-0.2, -0.15) is 0 Å². The zero-order chi connectivity index (χ0) is 10.5. The van der Waals surface area contributed by atoms with E-state index in [4.69, 9.17) is 4.74 Å². The Balaban J connectivity index is 2.21. The number of nitroso groups, excluding NO2 is 1. The molecule has 0 bridgehead atoms. The normalized spacial score (nSPS) is 9.60. The van der Waals surface area contributed by atoms with E-state index < -0.39 is 0 Å². The Morgan fingerprint density at radius 2 is 1.93 bits per heavy atom. The smallest absolute Gasteiger partial charge is 0.321 e. The molecule has 0 aliphatic heterocycles. The van der Waals surface area contributed by atoms with Crippen LogP contribution in [0.3, 0.4) is 0 Å². The summed E-state index contributed by atoms with van der Waals surface area (Å²) in [6, 6.07) is 8.41. The third kappa shape index (κ3) is 2.34. The molecule has 0 unspecified atom stereocenters. The van der Waals surface area contributed by atoms with Crippen molar-refractivity contribution in [2.24, 2.45) is 5.18 Å². The van der Waals surface area contributed by atoms with E-state index >= 15 is 0 Å². The Hall–Kier alpha value is -2.30. The van der Waals surface area contributed by atoms with E-state index in [0.717, 1.165) is 0 Å². The van der Waals surface area contributed by atoms with Gasteiger partial charge in [-0.25, -0.2) is 9.97 Å². The molecule has 0 saturated carbocycles. The highest BCUT2D eigenvalue weighted by Crippen LogP contribution is 2.22. The molecule has 1 aromatic carbocycles. The number of hydrogen-bond donors (Lipinski definition) is 0. The van der Waals surface area contributed by atoms with Gasteiger partial charge in [0.15, 0.2) is 0 Å². The van der Waals surface area contributed by atoms with Crippen molar-refractivity contribution in [3.63, 3.8) is 0 Å². The molecule has 1 heterocycles. The summed E-state index contributed by atoms with van der Waals surface area (Å²) in [6.45, 7) is 0. The quantitative estimate of drug-likeness (QED) is 0.716. The molecule has 5 heteroatoms. The first-order chi connectivity index (χ1) is 7.38. The van der Waals surface area contributed by atoms with Gasteiger partial charge < -0.3 is 4.74 Å². The lowest BCUT2D eigenvalue weighted by atomic mass is 10.3. The van der Waals surface area contributed by atoms with E-state index in [9.17, 15) is 4.91 Å².